The van der Waals surface area contributed by atoms with E-state index >= 15 is 0 Å². The minimum absolute atomic E-state index is 0.0730. The second-order valence-electron chi connectivity index (χ2n) is 6.47. The van der Waals surface area contributed by atoms with Gasteiger partial charge in [0, 0.05) is 13.1 Å². The van der Waals surface area contributed by atoms with Crippen molar-refractivity contribution in [3.05, 3.63) is 54.0 Å². The van der Waals surface area contributed by atoms with Gasteiger partial charge in [-0.05, 0) is 38.0 Å². The van der Waals surface area contributed by atoms with Crippen molar-refractivity contribution in [2.75, 3.05) is 13.1 Å². The van der Waals surface area contributed by atoms with Crippen LogP contribution in [0.5, 0.6) is 0 Å². The molecule has 1 aromatic carbocycles. The first-order chi connectivity index (χ1) is 12.9. The summed E-state index contributed by atoms with van der Waals surface area (Å²) in [5, 5.41) is 0. The second kappa shape index (κ2) is 7.93. The average Bonchev–Trinajstić information content (AvgIpc) is 3.21. The number of hydrogen-bond donors (Lipinski definition) is 2. The topological polar surface area (TPSA) is 109 Å². The molecule has 8 nitrogen and oxygen atoms in total. The summed E-state index contributed by atoms with van der Waals surface area (Å²) < 4.78 is 31.7. The van der Waals surface area contributed by atoms with Crippen LogP contribution < -0.4 is 10.9 Å². The molecule has 1 fully saturated rings. The lowest BCUT2D eigenvalue weighted by Crippen LogP contribution is -2.49. The molecule has 0 saturated carbocycles. The van der Waals surface area contributed by atoms with E-state index in [0.717, 1.165) is 5.56 Å². The summed E-state index contributed by atoms with van der Waals surface area (Å²) in [6.07, 6.45) is 3.73. The molecule has 0 spiro atoms. The Labute approximate surface area is 157 Å². The molecule has 2 amide bonds. The summed E-state index contributed by atoms with van der Waals surface area (Å²) in [4.78, 5) is 24.4. The number of benzene rings is 1. The molecule has 1 atom stereocenters. The van der Waals surface area contributed by atoms with Crippen LogP contribution in [0.1, 0.15) is 28.8 Å². The smallest absolute Gasteiger partial charge is 0.272 e. The normalized spacial score (nSPS) is 18.0. The van der Waals surface area contributed by atoms with E-state index in [9.17, 15) is 18.0 Å². The summed E-state index contributed by atoms with van der Waals surface area (Å²) in [7, 11) is -3.66. The van der Waals surface area contributed by atoms with Gasteiger partial charge in [-0.2, -0.15) is 4.31 Å². The zero-order chi connectivity index (χ0) is 19.4. The van der Waals surface area contributed by atoms with Crippen LogP contribution in [-0.2, 0) is 14.8 Å². The molecular formula is C18H21N3O5S. The van der Waals surface area contributed by atoms with Crippen LogP contribution in [0, 0.1) is 12.8 Å². The maximum atomic E-state index is 12.8. The van der Waals surface area contributed by atoms with E-state index < -0.39 is 27.8 Å². The molecule has 9 heteroatoms. The molecule has 2 aromatic rings. The van der Waals surface area contributed by atoms with Crippen molar-refractivity contribution in [1.82, 2.24) is 15.2 Å². The van der Waals surface area contributed by atoms with Gasteiger partial charge in [-0.3, -0.25) is 20.4 Å². The Bertz CT molecular complexity index is 907. The molecule has 0 bridgehead atoms. The van der Waals surface area contributed by atoms with Crippen molar-refractivity contribution in [3.63, 3.8) is 0 Å². The van der Waals surface area contributed by atoms with E-state index in [1.807, 2.05) is 6.92 Å². The van der Waals surface area contributed by atoms with Gasteiger partial charge in [0.25, 0.3) is 5.91 Å². The number of amides is 2. The number of hydrogen-bond acceptors (Lipinski definition) is 5. The molecule has 2 N–H and O–H groups in total. The number of piperidine rings is 1. The lowest BCUT2D eigenvalue weighted by Gasteiger charge is -2.31. The number of nitrogens with one attached hydrogen (secondary N) is 2. The van der Waals surface area contributed by atoms with Gasteiger partial charge in [0.1, 0.15) is 6.26 Å². The molecule has 1 aliphatic rings. The first kappa shape index (κ1) is 19.1. The fourth-order valence-corrected chi connectivity index (χ4v) is 4.44. The van der Waals surface area contributed by atoms with Crippen molar-refractivity contribution < 1.29 is 22.4 Å². The minimum atomic E-state index is -3.66. The minimum Gasteiger partial charge on any atom is -0.472 e. The zero-order valence-electron chi connectivity index (χ0n) is 14.8. The van der Waals surface area contributed by atoms with Crippen LogP contribution in [-0.4, -0.2) is 37.6 Å². The number of nitrogens with zero attached hydrogens (tertiary/aromatic N) is 1. The fourth-order valence-electron chi connectivity index (χ4n) is 2.92. The fraction of sp³-hybridized carbons (Fsp3) is 0.333. The number of rotatable bonds is 4. The van der Waals surface area contributed by atoms with Crippen LogP contribution in [0.15, 0.2) is 52.2 Å². The molecule has 0 aliphatic carbocycles. The van der Waals surface area contributed by atoms with Gasteiger partial charge in [-0.1, -0.05) is 17.7 Å². The van der Waals surface area contributed by atoms with E-state index in [4.69, 9.17) is 4.42 Å². The highest BCUT2D eigenvalue weighted by Gasteiger charge is 2.33. The third-order valence-corrected chi connectivity index (χ3v) is 6.38. The molecule has 27 heavy (non-hydrogen) atoms. The number of hydrazine groups is 1. The van der Waals surface area contributed by atoms with E-state index in [1.54, 1.807) is 24.3 Å². The number of carbonyl (C=O) groups is 2. The lowest BCUT2D eigenvalue weighted by atomic mass is 9.99. The van der Waals surface area contributed by atoms with Gasteiger partial charge < -0.3 is 4.42 Å². The van der Waals surface area contributed by atoms with E-state index in [0.29, 0.717) is 19.4 Å². The predicted molar refractivity (Wildman–Crippen MR) is 97.0 cm³/mol. The quantitative estimate of drug-likeness (QED) is 0.767. The summed E-state index contributed by atoms with van der Waals surface area (Å²) in [5.41, 5.74) is 5.92. The molecule has 0 radical (unpaired) electrons. The van der Waals surface area contributed by atoms with Crippen LogP contribution >= 0.6 is 0 Å². The summed E-state index contributed by atoms with van der Waals surface area (Å²) in [6.45, 7) is 2.32. The van der Waals surface area contributed by atoms with Gasteiger partial charge in [-0.15, -0.1) is 0 Å². The first-order valence-corrected chi connectivity index (χ1v) is 10.0. The van der Waals surface area contributed by atoms with E-state index in [-0.39, 0.29) is 17.0 Å². The van der Waals surface area contributed by atoms with Gasteiger partial charge >= 0.3 is 0 Å². The Morgan fingerprint density at radius 3 is 2.56 bits per heavy atom. The van der Waals surface area contributed by atoms with Gasteiger partial charge in [-0.25, -0.2) is 8.42 Å². The Morgan fingerprint density at radius 1 is 1.15 bits per heavy atom. The highest BCUT2D eigenvalue weighted by molar-refractivity contribution is 7.89. The van der Waals surface area contributed by atoms with E-state index in [1.165, 1.54) is 22.9 Å². The summed E-state index contributed by atoms with van der Waals surface area (Å²) in [5.74, 6) is -1.46. The monoisotopic (exact) mass is 391 g/mol. The molecule has 1 aromatic heterocycles. The lowest BCUT2D eigenvalue weighted by molar-refractivity contribution is -0.126. The molecule has 2 heterocycles. The Balaban J connectivity index is 1.62. The Morgan fingerprint density at radius 2 is 1.89 bits per heavy atom. The van der Waals surface area contributed by atoms with Gasteiger partial charge in [0.15, 0.2) is 0 Å². The third kappa shape index (κ3) is 4.37. The maximum Gasteiger partial charge on any atom is 0.272 e. The molecule has 144 valence electrons. The summed E-state index contributed by atoms with van der Waals surface area (Å²) in [6, 6.07) is 8.09. The third-order valence-electron chi connectivity index (χ3n) is 4.50. The molecule has 1 aliphatic heterocycles. The van der Waals surface area contributed by atoms with Crippen LogP contribution in [0.4, 0.5) is 0 Å². The zero-order valence-corrected chi connectivity index (χ0v) is 15.7. The average molecular weight is 391 g/mol. The Kier molecular flexibility index (Phi) is 5.62. The Hall–Kier alpha value is -2.65. The van der Waals surface area contributed by atoms with Crippen molar-refractivity contribution in [3.8, 4) is 0 Å². The number of furan rings is 1. The van der Waals surface area contributed by atoms with Crippen molar-refractivity contribution >= 4 is 21.8 Å². The SMILES string of the molecule is Cc1ccc(S(=O)(=O)N2CCCC(C(=O)NNC(=O)c3ccoc3)C2)cc1. The van der Waals surface area contributed by atoms with Crippen molar-refractivity contribution in [2.24, 2.45) is 5.92 Å². The van der Waals surface area contributed by atoms with Gasteiger partial charge in [0.05, 0.1) is 22.6 Å². The van der Waals surface area contributed by atoms with Gasteiger partial charge in [0.2, 0.25) is 15.9 Å². The maximum absolute atomic E-state index is 12.8. The van der Waals surface area contributed by atoms with Crippen molar-refractivity contribution in [1.29, 1.82) is 0 Å². The molecule has 1 saturated heterocycles. The van der Waals surface area contributed by atoms with Crippen molar-refractivity contribution in [2.45, 2.75) is 24.7 Å². The number of carbonyl (C=O) groups excluding carboxylic acids is 2. The van der Waals surface area contributed by atoms with E-state index in [2.05, 4.69) is 10.9 Å². The van der Waals surface area contributed by atoms with Crippen LogP contribution in [0.25, 0.3) is 0 Å². The van der Waals surface area contributed by atoms with Crippen LogP contribution in [0.2, 0.25) is 0 Å². The second-order valence-corrected chi connectivity index (χ2v) is 8.41. The summed E-state index contributed by atoms with van der Waals surface area (Å²) >= 11 is 0. The highest BCUT2D eigenvalue weighted by Crippen LogP contribution is 2.24. The number of sulfonamides is 1. The first-order valence-electron chi connectivity index (χ1n) is 8.57. The number of aryl methyl sites for hydroxylation is 1. The standard InChI is InChI=1S/C18H21N3O5S/c1-13-4-6-16(7-5-13)27(24,25)21-9-2-3-14(11-21)17(22)19-20-18(23)15-8-10-26-12-15/h4-8,10,12,14H,2-3,9,11H2,1H3,(H,19,22)(H,20,23). The molecule has 3 rings (SSSR count). The largest absolute Gasteiger partial charge is 0.472 e. The predicted octanol–water partition coefficient (Wildman–Crippen LogP) is 1.45. The van der Waals surface area contributed by atoms with Crippen LogP contribution in [0.3, 0.4) is 0 Å². The molecule has 1 unspecified atom stereocenters. The molecular weight excluding hydrogens is 370 g/mol. The highest BCUT2D eigenvalue weighted by atomic mass is 32.2.